The summed E-state index contributed by atoms with van der Waals surface area (Å²) in [5.41, 5.74) is 4.42. The summed E-state index contributed by atoms with van der Waals surface area (Å²) in [6.45, 7) is 0. The lowest BCUT2D eigenvalue weighted by Gasteiger charge is -2.08. The highest BCUT2D eigenvalue weighted by molar-refractivity contribution is 5.85. The minimum atomic E-state index is -1.73. The zero-order valence-corrected chi connectivity index (χ0v) is 10.5. The van der Waals surface area contributed by atoms with Crippen molar-refractivity contribution in [3.63, 3.8) is 0 Å². The molecule has 106 valence electrons. The molecule has 0 radical (unpaired) electrons. The van der Waals surface area contributed by atoms with E-state index in [0.717, 1.165) is 0 Å². The molecule has 3 nitrogen and oxygen atoms in total. The van der Waals surface area contributed by atoms with Gasteiger partial charge in [0.1, 0.15) is 16.7 Å². The van der Waals surface area contributed by atoms with Gasteiger partial charge in [0.25, 0.3) is 0 Å². The van der Waals surface area contributed by atoms with Crippen molar-refractivity contribution in [2.24, 2.45) is 0 Å². The third-order valence-electron chi connectivity index (χ3n) is 3.09. The molecule has 21 heavy (non-hydrogen) atoms. The molecule has 0 saturated heterocycles. The van der Waals surface area contributed by atoms with E-state index in [9.17, 15) is 18.0 Å². The number of nitrogen functional groups attached to an aromatic ring is 1. The Morgan fingerprint density at radius 1 is 1.00 bits per heavy atom. The van der Waals surface area contributed by atoms with Gasteiger partial charge in [-0.15, -0.1) is 0 Å². The predicted molar refractivity (Wildman–Crippen MR) is 72.2 cm³/mol. The predicted octanol–water partition coefficient (Wildman–Crippen LogP) is 3.46. The molecule has 0 amide bonds. The highest BCUT2D eigenvalue weighted by Crippen LogP contribution is 2.29. The second-order valence-electron chi connectivity index (χ2n) is 4.40. The summed E-state index contributed by atoms with van der Waals surface area (Å²) < 4.78 is 45.5. The van der Waals surface area contributed by atoms with Gasteiger partial charge >= 0.3 is 0 Å². The normalized spacial score (nSPS) is 11.0. The van der Waals surface area contributed by atoms with Crippen LogP contribution in [0.2, 0.25) is 0 Å². The Morgan fingerprint density at radius 3 is 2.33 bits per heavy atom. The van der Waals surface area contributed by atoms with Gasteiger partial charge in [0.05, 0.1) is 0 Å². The van der Waals surface area contributed by atoms with Crippen molar-refractivity contribution in [1.29, 1.82) is 0 Å². The van der Waals surface area contributed by atoms with Gasteiger partial charge in [0.15, 0.2) is 23.2 Å². The number of fused-ring (bicyclic) bond motifs is 1. The molecule has 3 rings (SSSR count). The quantitative estimate of drug-likeness (QED) is 0.698. The van der Waals surface area contributed by atoms with E-state index in [-0.39, 0.29) is 11.4 Å². The SMILES string of the molecule is Nc1c(-c2ccccc2)oc2cc(F)c(F)c(F)c2c1=O. The van der Waals surface area contributed by atoms with E-state index in [1.54, 1.807) is 30.3 Å². The summed E-state index contributed by atoms with van der Waals surface area (Å²) >= 11 is 0. The van der Waals surface area contributed by atoms with Gasteiger partial charge in [-0.1, -0.05) is 30.3 Å². The first kappa shape index (κ1) is 13.2. The zero-order chi connectivity index (χ0) is 15.1. The molecule has 0 aliphatic heterocycles. The standard InChI is InChI=1S/C15H8F3NO2/c16-8-6-9-10(12(18)11(8)17)14(20)13(19)15(21-9)7-4-2-1-3-5-7/h1-6H,19H2. The van der Waals surface area contributed by atoms with Gasteiger partial charge < -0.3 is 10.2 Å². The molecule has 1 heterocycles. The van der Waals surface area contributed by atoms with Crippen LogP contribution in [0.4, 0.5) is 18.9 Å². The van der Waals surface area contributed by atoms with Gasteiger partial charge in [0, 0.05) is 11.6 Å². The van der Waals surface area contributed by atoms with Crippen LogP contribution in [-0.4, -0.2) is 0 Å². The first-order valence-electron chi connectivity index (χ1n) is 5.96. The number of anilines is 1. The van der Waals surface area contributed by atoms with Crippen LogP contribution >= 0.6 is 0 Å². The smallest absolute Gasteiger partial charge is 0.219 e. The van der Waals surface area contributed by atoms with E-state index in [1.165, 1.54) is 0 Å². The maximum atomic E-state index is 13.7. The lowest BCUT2D eigenvalue weighted by Crippen LogP contribution is -2.12. The maximum Gasteiger partial charge on any atom is 0.219 e. The fourth-order valence-electron chi connectivity index (χ4n) is 2.07. The number of nitrogens with two attached hydrogens (primary N) is 1. The van der Waals surface area contributed by atoms with Crippen LogP contribution in [0.1, 0.15) is 0 Å². The molecule has 0 spiro atoms. The molecule has 0 fully saturated rings. The van der Waals surface area contributed by atoms with Crippen LogP contribution in [0.15, 0.2) is 45.6 Å². The van der Waals surface area contributed by atoms with E-state index in [1.807, 2.05) is 0 Å². The number of hydrogen-bond acceptors (Lipinski definition) is 3. The molecular formula is C15H8F3NO2. The highest BCUT2D eigenvalue weighted by atomic mass is 19.2. The Labute approximate surface area is 116 Å². The van der Waals surface area contributed by atoms with E-state index in [0.29, 0.717) is 11.6 Å². The van der Waals surface area contributed by atoms with Crippen molar-refractivity contribution in [3.05, 3.63) is 64.1 Å². The van der Waals surface area contributed by atoms with Crippen LogP contribution < -0.4 is 11.2 Å². The molecule has 0 saturated carbocycles. The van der Waals surface area contributed by atoms with Crippen molar-refractivity contribution in [3.8, 4) is 11.3 Å². The van der Waals surface area contributed by atoms with Gasteiger partial charge in [-0.25, -0.2) is 13.2 Å². The number of hydrogen-bond donors (Lipinski definition) is 1. The summed E-state index contributed by atoms with van der Waals surface area (Å²) in [7, 11) is 0. The van der Waals surface area contributed by atoms with Crippen LogP contribution in [-0.2, 0) is 0 Å². The van der Waals surface area contributed by atoms with Crippen molar-refractivity contribution in [2.45, 2.75) is 0 Å². The van der Waals surface area contributed by atoms with Crippen molar-refractivity contribution >= 4 is 16.7 Å². The number of benzene rings is 2. The summed E-state index contributed by atoms with van der Waals surface area (Å²) in [5, 5.41) is -0.703. The third kappa shape index (κ3) is 1.96. The molecule has 6 heteroatoms. The molecule has 2 N–H and O–H groups in total. The Morgan fingerprint density at radius 2 is 1.67 bits per heavy atom. The van der Waals surface area contributed by atoms with Crippen molar-refractivity contribution in [1.82, 2.24) is 0 Å². The van der Waals surface area contributed by atoms with Crippen LogP contribution in [0.5, 0.6) is 0 Å². The lowest BCUT2D eigenvalue weighted by molar-refractivity contribution is 0.449. The molecule has 3 aromatic rings. The maximum absolute atomic E-state index is 13.7. The number of rotatable bonds is 1. The molecule has 0 aliphatic carbocycles. The summed E-state index contributed by atoms with van der Waals surface area (Å²) in [5.74, 6) is -4.79. The molecule has 2 aromatic carbocycles. The first-order valence-corrected chi connectivity index (χ1v) is 5.96. The van der Waals surface area contributed by atoms with Crippen LogP contribution in [0.3, 0.4) is 0 Å². The molecule has 0 bridgehead atoms. The van der Waals surface area contributed by atoms with E-state index < -0.39 is 33.8 Å². The average molecular weight is 291 g/mol. The van der Waals surface area contributed by atoms with Gasteiger partial charge in [-0.2, -0.15) is 0 Å². The monoisotopic (exact) mass is 291 g/mol. The van der Waals surface area contributed by atoms with E-state index in [4.69, 9.17) is 10.2 Å². The van der Waals surface area contributed by atoms with E-state index in [2.05, 4.69) is 0 Å². The fourth-order valence-corrected chi connectivity index (χ4v) is 2.07. The molecule has 0 unspecified atom stereocenters. The molecule has 0 aliphatic rings. The van der Waals surface area contributed by atoms with Gasteiger partial charge in [0.2, 0.25) is 5.43 Å². The Kier molecular flexibility index (Phi) is 2.94. The highest BCUT2D eigenvalue weighted by Gasteiger charge is 2.21. The minimum Gasteiger partial charge on any atom is -0.453 e. The van der Waals surface area contributed by atoms with Crippen molar-refractivity contribution < 1.29 is 17.6 Å². The molecule has 0 atom stereocenters. The van der Waals surface area contributed by atoms with Crippen LogP contribution in [0, 0.1) is 17.5 Å². The van der Waals surface area contributed by atoms with Gasteiger partial charge in [-0.3, -0.25) is 4.79 Å². The summed E-state index contributed by atoms with van der Waals surface area (Å²) in [6.07, 6.45) is 0. The van der Waals surface area contributed by atoms with Crippen LogP contribution in [0.25, 0.3) is 22.3 Å². The minimum absolute atomic E-state index is 0.0153. The summed E-state index contributed by atoms with van der Waals surface area (Å²) in [4.78, 5) is 12.1. The Balaban J connectivity index is 2.44. The zero-order valence-electron chi connectivity index (χ0n) is 10.5. The fraction of sp³-hybridized carbons (Fsp3) is 0. The molecular weight excluding hydrogens is 283 g/mol. The Hall–Kier alpha value is -2.76. The third-order valence-corrected chi connectivity index (χ3v) is 3.09. The van der Waals surface area contributed by atoms with Gasteiger partial charge in [-0.05, 0) is 0 Å². The lowest BCUT2D eigenvalue weighted by atomic mass is 10.1. The average Bonchev–Trinajstić information content (AvgIpc) is 2.49. The molecule has 1 aromatic heterocycles. The topological polar surface area (TPSA) is 56.2 Å². The second-order valence-corrected chi connectivity index (χ2v) is 4.40. The van der Waals surface area contributed by atoms with E-state index >= 15 is 0 Å². The second kappa shape index (κ2) is 4.66. The first-order chi connectivity index (χ1) is 10.0. The largest absolute Gasteiger partial charge is 0.453 e. The Bertz CT molecular complexity index is 904. The van der Waals surface area contributed by atoms with Crippen molar-refractivity contribution in [2.75, 3.05) is 5.73 Å². The number of halogens is 3. The summed E-state index contributed by atoms with van der Waals surface area (Å²) in [6, 6.07) is 8.98.